The first-order valence-electron chi connectivity index (χ1n) is 9.44. The number of rotatable bonds is 5. The number of pyridine rings is 1. The highest BCUT2D eigenvalue weighted by Gasteiger charge is 2.31. The number of nitrogens with one attached hydrogen (secondary N) is 1. The molecule has 1 aromatic carbocycles. The molecule has 1 aliphatic rings. The van der Waals surface area contributed by atoms with Gasteiger partial charge in [0.15, 0.2) is 5.13 Å². The summed E-state index contributed by atoms with van der Waals surface area (Å²) in [4.78, 5) is 9.44. The molecule has 0 aliphatic carbocycles. The first-order chi connectivity index (χ1) is 14.7. The number of sulfonamides is 1. The van der Waals surface area contributed by atoms with Crippen LogP contribution in [-0.4, -0.2) is 31.6 Å². The smallest absolute Gasteiger partial charge is 0.381 e. The van der Waals surface area contributed by atoms with Crippen molar-refractivity contribution in [3.8, 4) is 11.4 Å². The van der Waals surface area contributed by atoms with Crippen molar-refractivity contribution >= 4 is 26.5 Å². The zero-order valence-electron chi connectivity index (χ0n) is 16.1. The summed E-state index contributed by atoms with van der Waals surface area (Å²) >= 11 is 1.21. The average Bonchev–Trinajstić information content (AvgIpc) is 3.17. The zero-order valence-corrected chi connectivity index (χ0v) is 17.7. The van der Waals surface area contributed by atoms with Crippen LogP contribution < -0.4 is 4.72 Å². The molecule has 0 amide bonds. The van der Waals surface area contributed by atoms with Crippen LogP contribution in [0, 0.1) is 0 Å². The molecule has 0 radical (unpaired) electrons. The molecule has 3 aromatic rings. The van der Waals surface area contributed by atoms with Crippen molar-refractivity contribution in [3.05, 3.63) is 59.1 Å². The maximum Gasteiger partial charge on any atom is 0.416 e. The van der Waals surface area contributed by atoms with Crippen LogP contribution in [0.2, 0.25) is 0 Å². The second-order valence-electron chi connectivity index (χ2n) is 6.96. The molecule has 3 heterocycles. The predicted octanol–water partition coefficient (Wildman–Crippen LogP) is 4.92. The van der Waals surface area contributed by atoms with Gasteiger partial charge in [-0.3, -0.25) is 9.71 Å². The van der Waals surface area contributed by atoms with Crippen LogP contribution in [0.3, 0.4) is 0 Å². The third kappa shape index (κ3) is 4.89. The van der Waals surface area contributed by atoms with Crippen molar-refractivity contribution < 1.29 is 26.3 Å². The van der Waals surface area contributed by atoms with Gasteiger partial charge in [-0.2, -0.15) is 13.2 Å². The third-order valence-electron chi connectivity index (χ3n) is 4.87. The Morgan fingerprint density at radius 1 is 1.06 bits per heavy atom. The number of anilines is 1. The molecule has 0 bridgehead atoms. The normalized spacial score (nSPS) is 15.7. The Bertz CT molecular complexity index is 1140. The molecule has 1 fully saturated rings. The number of halogens is 3. The van der Waals surface area contributed by atoms with Gasteiger partial charge in [0.05, 0.1) is 16.2 Å². The monoisotopic (exact) mass is 469 g/mol. The van der Waals surface area contributed by atoms with E-state index in [-0.39, 0.29) is 15.9 Å². The van der Waals surface area contributed by atoms with Crippen molar-refractivity contribution in [1.82, 2.24) is 9.97 Å². The summed E-state index contributed by atoms with van der Waals surface area (Å²) in [6.07, 6.45) is -1.34. The molecule has 1 N–H and O–H groups in total. The summed E-state index contributed by atoms with van der Waals surface area (Å²) in [6, 6.07) is 8.73. The van der Waals surface area contributed by atoms with Gasteiger partial charge in [0.2, 0.25) is 0 Å². The highest BCUT2D eigenvalue weighted by molar-refractivity contribution is 7.93. The van der Waals surface area contributed by atoms with Gasteiger partial charge in [-0.05, 0) is 49.2 Å². The minimum absolute atomic E-state index is 0.141. The molecule has 0 atom stereocenters. The molecule has 1 aliphatic heterocycles. The highest BCUT2D eigenvalue weighted by atomic mass is 32.2. The van der Waals surface area contributed by atoms with E-state index in [0.717, 1.165) is 42.0 Å². The van der Waals surface area contributed by atoms with Gasteiger partial charge in [0, 0.05) is 30.2 Å². The number of nitrogens with zero attached hydrogens (tertiary/aromatic N) is 2. The van der Waals surface area contributed by atoms with E-state index < -0.39 is 21.8 Å². The standard InChI is InChI=1S/C20H18F3N3O3S2/c21-20(22,23)14-4-6-15(7-5-14)31(27,28)26-19-25-17(16-3-1-2-10-24-16)18(30-19)13-8-11-29-12-9-13/h1-7,10,13H,8-9,11-12H2,(H,25,26). The Labute approximate surface area is 181 Å². The summed E-state index contributed by atoms with van der Waals surface area (Å²) < 4.78 is 71.6. The van der Waals surface area contributed by atoms with Gasteiger partial charge in [-0.1, -0.05) is 6.07 Å². The van der Waals surface area contributed by atoms with E-state index in [2.05, 4.69) is 14.7 Å². The Hall–Kier alpha value is -2.50. The number of alkyl halides is 3. The summed E-state index contributed by atoms with van der Waals surface area (Å²) in [5.74, 6) is 0.160. The van der Waals surface area contributed by atoms with Crippen LogP contribution in [-0.2, 0) is 20.9 Å². The average molecular weight is 470 g/mol. The van der Waals surface area contributed by atoms with E-state index in [1.165, 1.54) is 11.3 Å². The van der Waals surface area contributed by atoms with Gasteiger partial charge in [-0.15, -0.1) is 11.3 Å². The Balaban J connectivity index is 1.65. The van der Waals surface area contributed by atoms with Gasteiger partial charge in [-0.25, -0.2) is 13.4 Å². The molecule has 11 heteroatoms. The number of thiazole rings is 1. The maximum absolute atomic E-state index is 12.8. The Kier molecular flexibility index (Phi) is 6.00. The quantitative estimate of drug-likeness (QED) is 0.574. The van der Waals surface area contributed by atoms with E-state index >= 15 is 0 Å². The molecule has 4 rings (SSSR count). The lowest BCUT2D eigenvalue weighted by molar-refractivity contribution is -0.137. The molecular weight excluding hydrogens is 451 g/mol. The fourth-order valence-corrected chi connectivity index (χ4v) is 5.67. The Morgan fingerprint density at radius 3 is 2.39 bits per heavy atom. The summed E-state index contributed by atoms with van der Waals surface area (Å²) in [6.45, 7) is 1.22. The number of benzene rings is 1. The van der Waals surface area contributed by atoms with Crippen molar-refractivity contribution in [2.45, 2.75) is 29.8 Å². The lowest BCUT2D eigenvalue weighted by Gasteiger charge is -2.21. The second kappa shape index (κ2) is 8.56. The molecular formula is C20H18F3N3O3S2. The molecule has 0 spiro atoms. The lowest BCUT2D eigenvalue weighted by atomic mass is 9.96. The highest BCUT2D eigenvalue weighted by Crippen LogP contribution is 2.40. The van der Waals surface area contributed by atoms with Crippen LogP contribution in [0.4, 0.5) is 18.3 Å². The van der Waals surface area contributed by atoms with E-state index in [4.69, 9.17) is 4.74 Å². The van der Waals surface area contributed by atoms with Crippen LogP contribution in [0.15, 0.2) is 53.6 Å². The summed E-state index contributed by atoms with van der Waals surface area (Å²) in [7, 11) is -4.11. The lowest BCUT2D eigenvalue weighted by Crippen LogP contribution is -2.14. The molecule has 6 nitrogen and oxygen atoms in total. The van der Waals surface area contributed by atoms with E-state index in [0.29, 0.717) is 24.6 Å². The number of hydrogen-bond donors (Lipinski definition) is 1. The summed E-state index contributed by atoms with van der Waals surface area (Å²) in [5.41, 5.74) is 0.308. The molecule has 31 heavy (non-hydrogen) atoms. The number of hydrogen-bond acceptors (Lipinski definition) is 6. The number of aromatic nitrogens is 2. The van der Waals surface area contributed by atoms with Crippen LogP contribution in [0.25, 0.3) is 11.4 Å². The van der Waals surface area contributed by atoms with Crippen molar-refractivity contribution in [2.75, 3.05) is 17.9 Å². The minimum Gasteiger partial charge on any atom is -0.381 e. The fourth-order valence-electron chi connectivity index (χ4n) is 3.30. The van der Waals surface area contributed by atoms with Gasteiger partial charge in [0.25, 0.3) is 10.0 Å². The zero-order chi connectivity index (χ0) is 22.1. The third-order valence-corrected chi connectivity index (χ3v) is 7.48. The fraction of sp³-hybridized carbons (Fsp3) is 0.300. The molecule has 2 aromatic heterocycles. The van der Waals surface area contributed by atoms with Crippen LogP contribution in [0.5, 0.6) is 0 Å². The van der Waals surface area contributed by atoms with Crippen LogP contribution in [0.1, 0.15) is 29.2 Å². The van der Waals surface area contributed by atoms with Crippen molar-refractivity contribution in [3.63, 3.8) is 0 Å². The number of ether oxygens (including phenoxy) is 1. The predicted molar refractivity (Wildman–Crippen MR) is 110 cm³/mol. The SMILES string of the molecule is O=S(=O)(Nc1nc(-c2ccccn2)c(C2CCOCC2)s1)c1ccc(C(F)(F)F)cc1. The first kappa shape index (κ1) is 21.7. The first-order valence-corrected chi connectivity index (χ1v) is 11.7. The van der Waals surface area contributed by atoms with Crippen molar-refractivity contribution in [1.29, 1.82) is 0 Å². The van der Waals surface area contributed by atoms with Gasteiger partial charge >= 0.3 is 6.18 Å². The van der Waals surface area contributed by atoms with Crippen molar-refractivity contribution in [2.24, 2.45) is 0 Å². The van der Waals surface area contributed by atoms with Crippen LogP contribution >= 0.6 is 11.3 Å². The largest absolute Gasteiger partial charge is 0.416 e. The Morgan fingerprint density at radius 2 is 1.77 bits per heavy atom. The second-order valence-corrected chi connectivity index (χ2v) is 9.67. The van der Waals surface area contributed by atoms with E-state index in [1.807, 2.05) is 6.07 Å². The molecule has 1 saturated heterocycles. The molecule has 0 saturated carbocycles. The topological polar surface area (TPSA) is 81.2 Å². The summed E-state index contributed by atoms with van der Waals surface area (Å²) in [5, 5.41) is 0.141. The molecule has 0 unspecified atom stereocenters. The molecule has 164 valence electrons. The van der Waals surface area contributed by atoms with Gasteiger partial charge < -0.3 is 4.74 Å². The maximum atomic E-state index is 12.8. The minimum atomic E-state index is -4.54. The van der Waals surface area contributed by atoms with E-state index in [9.17, 15) is 21.6 Å². The van der Waals surface area contributed by atoms with Gasteiger partial charge in [0.1, 0.15) is 5.69 Å². The van der Waals surface area contributed by atoms with E-state index in [1.54, 1.807) is 18.3 Å².